The Kier molecular flexibility index (Phi) is 4.85. The van der Waals surface area contributed by atoms with E-state index in [9.17, 15) is 9.18 Å². The van der Waals surface area contributed by atoms with Crippen LogP contribution < -0.4 is 10.2 Å². The Balaban J connectivity index is 1.40. The fraction of sp³-hybridized carbons (Fsp3) is 0.350. The van der Waals surface area contributed by atoms with Crippen molar-refractivity contribution in [2.24, 2.45) is 7.05 Å². The van der Waals surface area contributed by atoms with Gasteiger partial charge >= 0.3 is 0 Å². The summed E-state index contributed by atoms with van der Waals surface area (Å²) in [7, 11) is 1.98. The first-order valence-corrected chi connectivity index (χ1v) is 9.36. The van der Waals surface area contributed by atoms with E-state index in [2.05, 4.69) is 20.3 Å². The van der Waals surface area contributed by atoms with Crippen LogP contribution in [0.1, 0.15) is 28.9 Å². The maximum absolute atomic E-state index is 13.5. The number of anilines is 1. The van der Waals surface area contributed by atoms with Crippen LogP contribution in [-0.2, 0) is 7.05 Å². The molecule has 146 valence electrons. The van der Waals surface area contributed by atoms with Gasteiger partial charge in [0.2, 0.25) is 5.95 Å². The van der Waals surface area contributed by atoms with Gasteiger partial charge in [0.05, 0.1) is 16.9 Å². The molecule has 28 heavy (non-hydrogen) atoms. The molecule has 1 saturated heterocycles. The summed E-state index contributed by atoms with van der Waals surface area (Å²) in [5.41, 5.74) is 1.72. The van der Waals surface area contributed by atoms with Crippen molar-refractivity contribution in [2.45, 2.75) is 25.8 Å². The number of amides is 1. The highest BCUT2D eigenvalue weighted by atomic mass is 19.1. The number of hydrogen-bond acceptors (Lipinski definition) is 4. The van der Waals surface area contributed by atoms with Gasteiger partial charge in [-0.25, -0.2) is 14.1 Å². The highest BCUT2D eigenvalue weighted by Gasteiger charge is 2.24. The van der Waals surface area contributed by atoms with Crippen LogP contribution in [0.3, 0.4) is 0 Å². The molecule has 3 aromatic rings. The molecule has 0 unspecified atom stereocenters. The third kappa shape index (κ3) is 3.62. The van der Waals surface area contributed by atoms with Crippen molar-refractivity contribution in [3.63, 3.8) is 0 Å². The van der Waals surface area contributed by atoms with E-state index in [1.54, 1.807) is 31.5 Å². The van der Waals surface area contributed by atoms with Crippen LogP contribution in [0, 0.1) is 12.7 Å². The quantitative estimate of drug-likeness (QED) is 0.753. The van der Waals surface area contributed by atoms with Crippen molar-refractivity contribution in [1.82, 2.24) is 24.6 Å². The third-order valence-corrected chi connectivity index (χ3v) is 5.13. The van der Waals surface area contributed by atoms with Gasteiger partial charge in [-0.3, -0.25) is 4.79 Å². The van der Waals surface area contributed by atoms with Crippen molar-refractivity contribution in [3.05, 3.63) is 59.9 Å². The zero-order chi connectivity index (χ0) is 19.7. The summed E-state index contributed by atoms with van der Waals surface area (Å²) >= 11 is 0. The molecular formula is C20H23FN6O. The minimum Gasteiger partial charge on any atom is -0.349 e. The maximum Gasteiger partial charge on any atom is 0.254 e. The number of benzene rings is 1. The first-order chi connectivity index (χ1) is 13.5. The van der Waals surface area contributed by atoms with Gasteiger partial charge in [0.15, 0.2) is 0 Å². The number of aromatic nitrogens is 4. The molecule has 1 aliphatic heterocycles. The molecule has 0 spiro atoms. The summed E-state index contributed by atoms with van der Waals surface area (Å²) in [6.07, 6.45) is 7.10. The normalized spacial score (nSPS) is 15.0. The highest BCUT2D eigenvalue weighted by molar-refractivity contribution is 5.95. The van der Waals surface area contributed by atoms with Gasteiger partial charge in [0.25, 0.3) is 5.91 Å². The lowest BCUT2D eigenvalue weighted by molar-refractivity contribution is 0.0930. The topological polar surface area (TPSA) is 68.0 Å². The zero-order valence-corrected chi connectivity index (χ0v) is 16.0. The maximum atomic E-state index is 13.5. The molecule has 1 aromatic carbocycles. The van der Waals surface area contributed by atoms with Gasteiger partial charge in [-0.05, 0) is 38.0 Å². The van der Waals surface area contributed by atoms with E-state index in [1.165, 1.54) is 16.8 Å². The molecule has 8 heteroatoms. The van der Waals surface area contributed by atoms with Crippen LogP contribution in [0.25, 0.3) is 5.69 Å². The predicted octanol–water partition coefficient (Wildman–Crippen LogP) is 2.45. The molecule has 3 heterocycles. The predicted molar refractivity (Wildman–Crippen MR) is 104 cm³/mol. The van der Waals surface area contributed by atoms with Crippen LogP contribution in [0.4, 0.5) is 10.3 Å². The van der Waals surface area contributed by atoms with Crippen molar-refractivity contribution in [2.75, 3.05) is 18.0 Å². The molecular weight excluding hydrogens is 359 g/mol. The second kappa shape index (κ2) is 7.46. The Labute approximate surface area is 162 Å². The Morgan fingerprint density at radius 1 is 1.29 bits per heavy atom. The molecule has 0 bridgehead atoms. The standard InChI is InChI=1S/C20H23FN6O/c1-14-18(13-27(24-14)17-5-3-4-15(21)12-17)19(28)23-16-6-9-26(10-7-16)20-22-8-11-25(20)2/h3-5,8,11-13,16H,6-7,9-10H2,1-2H3,(H,23,28). The Hall–Kier alpha value is -3.16. The number of imidazole rings is 1. The summed E-state index contributed by atoms with van der Waals surface area (Å²) in [5.74, 6) is 0.476. The molecule has 0 aliphatic carbocycles. The number of carbonyl (C=O) groups is 1. The molecule has 1 N–H and O–H groups in total. The minimum absolute atomic E-state index is 0.112. The zero-order valence-electron chi connectivity index (χ0n) is 16.0. The number of piperidine rings is 1. The van der Waals surface area contributed by atoms with Gasteiger partial charge in [-0.1, -0.05) is 6.07 Å². The first-order valence-electron chi connectivity index (χ1n) is 9.36. The lowest BCUT2D eigenvalue weighted by Crippen LogP contribution is -2.45. The number of hydrogen-bond donors (Lipinski definition) is 1. The number of aryl methyl sites for hydroxylation is 2. The first kappa shape index (κ1) is 18.2. The lowest BCUT2D eigenvalue weighted by Gasteiger charge is -2.32. The van der Waals surface area contributed by atoms with Crippen LogP contribution >= 0.6 is 0 Å². The number of halogens is 1. The second-order valence-electron chi connectivity index (χ2n) is 7.13. The van der Waals surface area contributed by atoms with Crippen molar-refractivity contribution in [1.29, 1.82) is 0 Å². The van der Waals surface area contributed by atoms with E-state index in [4.69, 9.17) is 0 Å². The molecule has 1 amide bonds. The summed E-state index contributed by atoms with van der Waals surface area (Å²) in [6, 6.07) is 6.26. The molecule has 1 aliphatic rings. The minimum atomic E-state index is -0.337. The fourth-order valence-corrected chi connectivity index (χ4v) is 3.58. The lowest BCUT2D eigenvalue weighted by atomic mass is 10.0. The summed E-state index contributed by atoms with van der Waals surface area (Å²) in [5, 5.41) is 7.47. The number of nitrogens with one attached hydrogen (secondary N) is 1. The molecule has 1 fully saturated rings. The van der Waals surface area contributed by atoms with Crippen molar-refractivity contribution in [3.8, 4) is 5.69 Å². The van der Waals surface area contributed by atoms with Crippen LogP contribution in [0.2, 0.25) is 0 Å². The Morgan fingerprint density at radius 3 is 2.75 bits per heavy atom. The van der Waals surface area contributed by atoms with Crippen LogP contribution in [-0.4, -0.2) is 44.4 Å². The smallest absolute Gasteiger partial charge is 0.254 e. The second-order valence-corrected chi connectivity index (χ2v) is 7.13. The monoisotopic (exact) mass is 382 g/mol. The molecule has 0 saturated carbocycles. The van der Waals surface area contributed by atoms with Gasteiger partial charge in [-0.2, -0.15) is 5.10 Å². The van der Waals surface area contributed by atoms with E-state index in [-0.39, 0.29) is 17.8 Å². The molecule has 7 nitrogen and oxygen atoms in total. The number of nitrogens with zero attached hydrogens (tertiary/aromatic N) is 5. The third-order valence-electron chi connectivity index (χ3n) is 5.13. The Morgan fingerprint density at radius 2 is 2.07 bits per heavy atom. The highest BCUT2D eigenvalue weighted by Crippen LogP contribution is 2.19. The van der Waals surface area contributed by atoms with Crippen molar-refractivity contribution >= 4 is 11.9 Å². The largest absolute Gasteiger partial charge is 0.349 e. The fourth-order valence-electron chi connectivity index (χ4n) is 3.58. The van der Waals surface area contributed by atoms with E-state index >= 15 is 0 Å². The average Bonchev–Trinajstić information content (AvgIpc) is 3.28. The summed E-state index contributed by atoms with van der Waals surface area (Å²) in [6.45, 7) is 3.48. The van der Waals surface area contributed by atoms with E-state index in [0.29, 0.717) is 16.9 Å². The van der Waals surface area contributed by atoms with Crippen LogP contribution in [0.5, 0.6) is 0 Å². The Bertz CT molecular complexity index is 986. The molecule has 0 atom stereocenters. The van der Waals surface area contributed by atoms with Gasteiger partial charge in [-0.15, -0.1) is 0 Å². The van der Waals surface area contributed by atoms with Gasteiger partial charge in [0.1, 0.15) is 5.82 Å². The van der Waals surface area contributed by atoms with Crippen molar-refractivity contribution < 1.29 is 9.18 Å². The van der Waals surface area contributed by atoms with E-state index in [0.717, 1.165) is 31.9 Å². The van der Waals surface area contributed by atoms with E-state index in [1.807, 2.05) is 17.8 Å². The van der Waals surface area contributed by atoms with Crippen LogP contribution in [0.15, 0.2) is 42.9 Å². The van der Waals surface area contributed by atoms with Gasteiger partial charge in [0, 0.05) is 44.8 Å². The molecule has 4 rings (SSSR count). The molecule has 2 aromatic heterocycles. The average molecular weight is 382 g/mol. The SMILES string of the molecule is Cc1nn(-c2cccc(F)c2)cc1C(=O)NC1CCN(c2nccn2C)CC1. The summed E-state index contributed by atoms with van der Waals surface area (Å²) < 4.78 is 17.0. The molecule has 0 radical (unpaired) electrons. The number of carbonyl (C=O) groups excluding carboxylic acids is 1. The number of rotatable bonds is 4. The van der Waals surface area contributed by atoms with Gasteiger partial charge < -0.3 is 14.8 Å². The summed E-state index contributed by atoms with van der Waals surface area (Å²) in [4.78, 5) is 19.4. The van der Waals surface area contributed by atoms with E-state index < -0.39 is 0 Å².